The number of likely N-dealkylation sites (N-methyl/N-ethyl adjacent to an activating group) is 1. The van der Waals surface area contributed by atoms with Crippen molar-refractivity contribution in [2.75, 3.05) is 7.05 Å². The van der Waals surface area contributed by atoms with Gasteiger partial charge >= 0.3 is 0 Å². The summed E-state index contributed by atoms with van der Waals surface area (Å²) >= 11 is 0. The SMILES string of the molecule is CNC(Cc1ccccc1C)C1CCCCC1. The van der Waals surface area contributed by atoms with Crippen molar-refractivity contribution in [2.24, 2.45) is 5.92 Å². The molecule has 1 nitrogen and oxygen atoms in total. The third kappa shape index (κ3) is 3.32. The van der Waals surface area contributed by atoms with E-state index in [0.29, 0.717) is 6.04 Å². The normalized spacial score (nSPS) is 19.2. The topological polar surface area (TPSA) is 12.0 Å². The lowest BCUT2D eigenvalue weighted by Gasteiger charge is -2.30. The molecule has 0 amide bonds. The monoisotopic (exact) mass is 231 g/mol. The second-order valence-corrected chi connectivity index (χ2v) is 5.42. The van der Waals surface area contributed by atoms with Gasteiger partial charge in [-0.25, -0.2) is 0 Å². The zero-order chi connectivity index (χ0) is 12.1. The van der Waals surface area contributed by atoms with Crippen molar-refractivity contribution in [2.45, 2.75) is 51.5 Å². The summed E-state index contributed by atoms with van der Waals surface area (Å²) in [4.78, 5) is 0. The van der Waals surface area contributed by atoms with E-state index in [2.05, 4.69) is 43.6 Å². The van der Waals surface area contributed by atoms with E-state index in [9.17, 15) is 0 Å². The summed E-state index contributed by atoms with van der Waals surface area (Å²) in [5.41, 5.74) is 2.95. The lowest BCUT2D eigenvalue weighted by atomic mass is 9.81. The molecule has 0 bridgehead atoms. The second kappa shape index (κ2) is 6.20. The molecule has 1 unspecified atom stereocenters. The summed E-state index contributed by atoms with van der Waals surface area (Å²) in [7, 11) is 2.12. The summed E-state index contributed by atoms with van der Waals surface area (Å²) in [5, 5.41) is 3.55. The Bertz CT molecular complexity index is 339. The number of hydrogen-bond donors (Lipinski definition) is 1. The van der Waals surface area contributed by atoms with Gasteiger partial charge in [-0.3, -0.25) is 0 Å². The minimum absolute atomic E-state index is 0.663. The van der Waals surface area contributed by atoms with Gasteiger partial charge in [0, 0.05) is 6.04 Å². The predicted molar refractivity (Wildman–Crippen MR) is 74.3 cm³/mol. The van der Waals surface area contributed by atoms with Gasteiger partial charge in [-0.1, -0.05) is 43.5 Å². The fourth-order valence-electron chi connectivity index (χ4n) is 3.12. The first-order valence-electron chi connectivity index (χ1n) is 7.03. The van der Waals surface area contributed by atoms with E-state index >= 15 is 0 Å². The first-order valence-corrected chi connectivity index (χ1v) is 7.03. The minimum Gasteiger partial charge on any atom is -0.316 e. The van der Waals surface area contributed by atoms with Gasteiger partial charge in [0.05, 0.1) is 0 Å². The Morgan fingerprint density at radius 3 is 2.53 bits per heavy atom. The molecule has 0 radical (unpaired) electrons. The lowest BCUT2D eigenvalue weighted by Crippen LogP contribution is -2.36. The van der Waals surface area contributed by atoms with Crippen LogP contribution in [0.1, 0.15) is 43.2 Å². The van der Waals surface area contributed by atoms with Crippen molar-refractivity contribution in [3.63, 3.8) is 0 Å². The van der Waals surface area contributed by atoms with Gasteiger partial charge in [0.1, 0.15) is 0 Å². The van der Waals surface area contributed by atoms with Crippen molar-refractivity contribution >= 4 is 0 Å². The van der Waals surface area contributed by atoms with Crippen LogP contribution in [0.15, 0.2) is 24.3 Å². The van der Waals surface area contributed by atoms with E-state index in [-0.39, 0.29) is 0 Å². The number of hydrogen-bond acceptors (Lipinski definition) is 1. The Kier molecular flexibility index (Phi) is 4.61. The highest BCUT2D eigenvalue weighted by Crippen LogP contribution is 2.28. The average molecular weight is 231 g/mol. The number of benzene rings is 1. The molecule has 1 aromatic carbocycles. The fraction of sp³-hybridized carbons (Fsp3) is 0.625. The van der Waals surface area contributed by atoms with Crippen molar-refractivity contribution in [3.8, 4) is 0 Å². The molecule has 1 fully saturated rings. The number of aryl methyl sites for hydroxylation is 1. The lowest BCUT2D eigenvalue weighted by molar-refractivity contribution is 0.276. The van der Waals surface area contributed by atoms with Crippen LogP contribution in [-0.4, -0.2) is 13.1 Å². The standard InChI is InChI=1S/C16H25N/c1-13-8-6-7-11-15(13)12-16(17-2)14-9-4-3-5-10-14/h6-8,11,14,16-17H,3-5,9-10,12H2,1-2H3. The molecule has 1 aromatic rings. The maximum Gasteiger partial charge on any atom is 0.0133 e. The molecule has 0 aliphatic heterocycles. The molecule has 0 saturated heterocycles. The zero-order valence-electron chi connectivity index (χ0n) is 11.2. The van der Waals surface area contributed by atoms with Crippen LogP contribution in [0.25, 0.3) is 0 Å². The molecule has 1 atom stereocenters. The summed E-state index contributed by atoms with van der Waals surface area (Å²) < 4.78 is 0. The molecule has 17 heavy (non-hydrogen) atoms. The maximum atomic E-state index is 3.55. The van der Waals surface area contributed by atoms with Crippen LogP contribution in [-0.2, 0) is 6.42 Å². The van der Waals surface area contributed by atoms with E-state index in [1.807, 2.05) is 0 Å². The number of nitrogens with one attached hydrogen (secondary N) is 1. The Balaban J connectivity index is 2.01. The van der Waals surface area contributed by atoms with E-state index in [1.54, 1.807) is 0 Å². The van der Waals surface area contributed by atoms with E-state index in [0.717, 1.165) is 5.92 Å². The molecule has 0 spiro atoms. The van der Waals surface area contributed by atoms with E-state index in [4.69, 9.17) is 0 Å². The molecule has 1 N–H and O–H groups in total. The molecule has 94 valence electrons. The van der Waals surface area contributed by atoms with E-state index in [1.165, 1.54) is 49.7 Å². The maximum absolute atomic E-state index is 3.55. The van der Waals surface area contributed by atoms with Crippen LogP contribution in [0, 0.1) is 12.8 Å². The Hall–Kier alpha value is -0.820. The number of rotatable bonds is 4. The highest BCUT2D eigenvalue weighted by molar-refractivity contribution is 5.26. The van der Waals surface area contributed by atoms with Crippen LogP contribution >= 0.6 is 0 Å². The van der Waals surface area contributed by atoms with Gasteiger partial charge in [0.25, 0.3) is 0 Å². The summed E-state index contributed by atoms with van der Waals surface area (Å²) in [6, 6.07) is 9.46. The zero-order valence-corrected chi connectivity index (χ0v) is 11.2. The van der Waals surface area contributed by atoms with Gasteiger partial charge in [0.2, 0.25) is 0 Å². The van der Waals surface area contributed by atoms with Crippen LogP contribution in [0.5, 0.6) is 0 Å². The molecular formula is C16H25N. The van der Waals surface area contributed by atoms with Crippen LogP contribution in [0.3, 0.4) is 0 Å². The first-order chi connectivity index (χ1) is 8.31. The fourth-order valence-corrected chi connectivity index (χ4v) is 3.12. The Morgan fingerprint density at radius 1 is 1.18 bits per heavy atom. The van der Waals surface area contributed by atoms with Crippen LogP contribution in [0.4, 0.5) is 0 Å². The molecule has 0 heterocycles. The molecule has 2 rings (SSSR count). The molecule has 1 aliphatic carbocycles. The average Bonchev–Trinajstić information content (AvgIpc) is 2.39. The predicted octanol–water partition coefficient (Wildman–Crippen LogP) is 3.71. The van der Waals surface area contributed by atoms with Crippen LogP contribution in [0.2, 0.25) is 0 Å². The van der Waals surface area contributed by atoms with Gasteiger partial charge < -0.3 is 5.32 Å². The van der Waals surface area contributed by atoms with Gasteiger partial charge in [-0.15, -0.1) is 0 Å². The quantitative estimate of drug-likeness (QED) is 0.833. The summed E-state index contributed by atoms with van der Waals surface area (Å²) in [6.07, 6.45) is 8.31. The molecular weight excluding hydrogens is 206 g/mol. The van der Waals surface area contributed by atoms with Gasteiger partial charge in [-0.2, -0.15) is 0 Å². The Labute approximate surface area is 106 Å². The minimum atomic E-state index is 0.663. The molecule has 1 saturated carbocycles. The van der Waals surface area contributed by atoms with Crippen molar-refractivity contribution < 1.29 is 0 Å². The van der Waals surface area contributed by atoms with Gasteiger partial charge in [0.15, 0.2) is 0 Å². The molecule has 1 heteroatoms. The van der Waals surface area contributed by atoms with Gasteiger partial charge in [-0.05, 0) is 50.3 Å². The third-order valence-electron chi connectivity index (χ3n) is 4.29. The smallest absolute Gasteiger partial charge is 0.0133 e. The Morgan fingerprint density at radius 2 is 1.88 bits per heavy atom. The van der Waals surface area contributed by atoms with Crippen molar-refractivity contribution in [3.05, 3.63) is 35.4 Å². The largest absolute Gasteiger partial charge is 0.316 e. The highest BCUT2D eigenvalue weighted by atomic mass is 14.9. The first kappa shape index (κ1) is 12.6. The summed E-state index contributed by atoms with van der Waals surface area (Å²) in [5.74, 6) is 0.883. The summed E-state index contributed by atoms with van der Waals surface area (Å²) in [6.45, 7) is 2.23. The molecule has 0 aromatic heterocycles. The van der Waals surface area contributed by atoms with Crippen molar-refractivity contribution in [1.82, 2.24) is 5.32 Å². The highest BCUT2D eigenvalue weighted by Gasteiger charge is 2.22. The van der Waals surface area contributed by atoms with E-state index < -0.39 is 0 Å². The van der Waals surface area contributed by atoms with Crippen LogP contribution < -0.4 is 5.32 Å². The third-order valence-corrected chi connectivity index (χ3v) is 4.29. The second-order valence-electron chi connectivity index (χ2n) is 5.42. The van der Waals surface area contributed by atoms with Crippen molar-refractivity contribution in [1.29, 1.82) is 0 Å². The molecule has 1 aliphatic rings.